The zero-order valence-corrected chi connectivity index (χ0v) is 14.6. The van der Waals surface area contributed by atoms with Crippen LogP contribution in [0, 0.1) is 16.0 Å². The summed E-state index contributed by atoms with van der Waals surface area (Å²) in [4.78, 5) is 33.7. The lowest BCUT2D eigenvalue weighted by Crippen LogP contribution is -2.21. The number of nitro groups is 1. The first-order valence-electron chi connectivity index (χ1n) is 8.35. The van der Waals surface area contributed by atoms with Crippen molar-refractivity contribution in [1.29, 1.82) is 0 Å². The molecule has 0 saturated heterocycles. The molecule has 1 N–H and O–H groups in total. The largest absolute Gasteiger partial charge is 0.456 e. The number of nitrogens with zero attached hydrogens (tertiary/aromatic N) is 1. The number of carbonyl (C=O) groups excluding carboxylic acids is 2. The van der Waals surface area contributed by atoms with E-state index in [2.05, 4.69) is 5.32 Å². The van der Waals surface area contributed by atoms with Crippen molar-refractivity contribution >= 4 is 34.9 Å². The Morgan fingerprint density at radius 2 is 2.00 bits per heavy atom. The number of anilines is 1. The third-order valence-electron chi connectivity index (χ3n) is 4.27. The van der Waals surface area contributed by atoms with Gasteiger partial charge in [0.25, 0.3) is 11.6 Å². The highest BCUT2D eigenvalue weighted by molar-refractivity contribution is 6.32. The van der Waals surface area contributed by atoms with Crippen LogP contribution in [-0.4, -0.2) is 23.4 Å². The number of nitrogens with one attached hydrogen (secondary N) is 1. The summed E-state index contributed by atoms with van der Waals surface area (Å²) in [6.07, 6.45) is 7.12. The molecular formula is C17H21ClN2O5. The molecule has 2 rings (SSSR count). The van der Waals surface area contributed by atoms with Crippen LogP contribution in [-0.2, 0) is 14.3 Å². The van der Waals surface area contributed by atoms with Gasteiger partial charge in [-0.2, -0.15) is 0 Å². The van der Waals surface area contributed by atoms with Gasteiger partial charge in [0, 0.05) is 18.2 Å². The first-order valence-corrected chi connectivity index (χ1v) is 8.73. The number of hydrogen-bond acceptors (Lipinski definition) is 5. The summed E-state index contributed by atoms with van der Waals surface area (Å²) in [5, 5.41) is 13.2. The van der Waals surface area contributed by atoms with Gasteiger partial charge in [-0.3, -0.25) is 19.7 Å². The predicted octanol–water partition coefficient (Wildman–Crippen LogP) is 4.09. The van der Waals surface area contributed by atoms with Crippen molar-refractivity contribution in [3.05, 3.63) is 33.3 Å². The number of esters is 1. The summed E-state index contributed by atoms with van der Waals surface area (Å²) in [7, 11) is 0. The molecule has 0 heterocycles. The van der Waals surface area contributed by atoms with E-state index in [-0.39, 0.29) is 16.4 Å². The zero-order valence-electron chi connectivity index (χ0n) is 13.8. The summed E-state index contributed by atoms with van der Waals surface area (Å²) < 4.78 is 4.96. The van der Waals surface area contributed by atoms with Crippen molar-refractivity contribution in [2.24, 2.45) is 5.92 Å². The molecule has 0 spiro atoms. The van der Waals surface area contributed by atoms with E-state index in [1.165, 1.54) is 31.4 Å². The van der Waals surface area contributed by atoms with Gasteiger partial charge in [0.1, 0.15) is 5.02 Å². The van der Waals surface area contributed by atoms with E-state index in [1.54, 1.807) is 0 Å². The van der Waals surface area contributed by atoms with E-state index in [0.717, 1.165) is 25.3 Å². The standard InChI is InChI=1S/C17H21ClN2O5/c18-14-8-7-13(10-15(14)20(23)24)19-16(21)11-25-17(22)9-6-12-4-2-1-3-5-12/h7-8,10,12H,1-6,9,11H2,(H,19,21). The third kappa shape index (κ3) is 6.34. The minimum Gasteiger partial charge on any atom is -0.456 e. The van der Waals surface area contributed by atoms with Gasteiger partial charge in [-0.05, 0) is 24.5 Å². The first-order chi connectivity index (χ1) is 12.0. The fourth-order valence-corrected chi connectivity index (χ4v) is 3.13. The predicted molar refractivity (Wildman–Crippen MR) is 93.5 cm³/mol. The summed E-state index contributed by atoms with van der Waals surface area (Å²) in [5.41, 5.74) is -0.0803. The number of hydrogen-bond donors (Lipinski definition) is 1. The highest BCUT2D eigenvalue weighted by Gasteiger charge is 2.17. The number of ether oxygens (including phenoxy) is 1. The number of halogens is 1. The Kier molecular flexibility index (Phi) is 7.18. The molecule has 0 unspecified atom stereocenters. The lowest BCUT2D eigenvalue weighted by atomic mass is 9.86. The molecule has 1 fully saturated rings. The summed E-state index contributed by atoms with van der Waals surface area (Å²) >= 11 is 5.71. The summed E-state index contributed by atoms with van der Waals surface area (Å²) in [6, 6.07) is 3.93. The lowest BCUT2D eigenvalue weighted by Gasteiger charge is -2.20. The second kappa shape index (κ2) is 9.36. The van der Waals surface area contributed by atoms with Crippen LogP contribution in [0.1, 0.15) is 44.9 Å². The van der Waals surface area contributed by atoms with Gasteiger partial charge in [0.2, 0.25) is 0 Å². The molecule has 1 aliphatic rings. The Morgan fingerprint density at radius 3 is 2.68 bits per heavy atom. The van der Waals surface area contributed by atoms with E-state index in [0.29, 0.717) is 12.3 Å². The van der Waals surface area contributed by atoms with Crippen LogP contribution >= 0.6 is 11.6 Å². The number of carbonyl (C=O) groups is 2. The van der Waals surface area contributed by atoms with Gasteiger partial charge >= 0.3 is 5.97 Å². The quantitative estimate of drug-likeness (QED) is 0.444. The van der Waals surface area contributed by atoms with E-state index < -0.39 is 23.4 Å². The molecule has 0 bridgehead atoms. The van der Waals surface area contributed by atoms with Gasteiger partial charge < -0.3 is 10.1 Å². The van der Waals surface area contributed by atoms with Gasteiger partial charge in [0.05, 0.1) is 4.92 Å². The lowest BCUT2D eigenvalue weighted by molar-refractivity contribution is -0.384. The molecule has 0 radical (unpaired) electrons. The minimum atomic E-state index is -0.636. The molecule has 1 amide bonds. The summed E-state index contributed by atoms with van der Waals surface area (Å²) in [5.74, 6) is -0.379. The van der Waals surface area contributed by atoms with Crippen LogP contribution in [0.4, 0.5) is 11.4 Å². The van der Waals surface area contributed by atoms with Gasteiger partial charge in [-0.25, -0.2) is 0 Å². The highest BCUT2D eigenvalue weighted by Crippen LogP contribution is 2.28. The molecule has 1 aromatic carbocycles. The molecule has 7 nitrogen and oxygen atoms in total. The van der Waals surface area contributed by atoms with Crippen LogP contribution in [0.25, 0.3) is 0 Å². The van der Waals surface area contributed by atoms with Gasteiger partial charge in [0.15, 0.2) is 6.61 Å². The molecule has 1 saturated carbocycles. The van der Waals surface area contributed by atoms with Crippen LogP contribution in [0.5, 0.6) is 0 Å². The van der Waals surface area contributed by atoms with E-state index in [1.807, 2.05) is 0 Å². The van der Waals surface area contributed by atoms with Crippen molar-refractivity contribution in [1.82, 2.24) is 0 Å². The van der Waals surface area contributed by atoms with Crippen molar-refractivity contribution < 1.29 is 19.2 Å². The zero-order chi connectivity index (χ0) is 18.2. The number of nitro benzene ring substituents is 1. The monoisotopic (exact) mass is 368 g/mol. The Bertz CT molecular complexity index is 644. The minimum absolute atomic E-state index is 0.0165. The maximum Gasteiger partial charge on any atom is 0.306 e. The van der Waals surface area contributed by atoms with Crippen LogP contribution in [0.2, 0.25) is 5.02 Å². The summed E-state index contributed by atoms with van der Waals surface area (Å²) in [6.45, 7) is -0.417. The average Bonchev–Trinajstić information content (AvgIpc) is 2.60. The molecule has 8 heteroatoms. The van der Waals surface area contributed by atoms with Crippen molar-refractivity contribution in [2.75, 3.05) is 11.9 Å². The molecule has 136 valence electrons. The topological polar surface area (TPSA) is 98.5 Å². The van der Waals surface area contributed by atoms with E-state index >= 15 is 0 Å². The number of benzene rings is 1. The Morgan fingerprint density at radius 1 is 1.28 bits per heavy atom. The van der Waals surface area contributed by atoms with Crippen molar-refractivity contribution in [3.63, 3.8) is 0 Å². The molecule has 25 heavy (non-hydrogen) atoms. The molecule has 0 aliphatic heterocycles. The van der Waals surface area contributed by atoms with Crippen LogP contribution in [0.3, 0.4) is 0 Å². The molecule has 0 atom stereocenters. The molecule has 0 aromatic heterocycles. The van der Waals surface area contributed by atoms with Crippen molar-refractivity contribution in [2.45, 2.75) is 44.9 Å². The smallest absolute Gasteiger partial charge is 0.306 e. The Balaban J connectivity index is 1.73. The Hall–Kier alpha value is -2.15. The number of amides is 1. The van der Waals surface area contributed by atoms with E-state index in [9.17, 15) is 19.7 Å². The van der Waals surface area contributed by atoms with Crippen molar-refractivity contribution in [3.8, 4) is 0 Å². The third-order valence-corrected chi connectivity index (χ3v) is 4.59. The van der Waals surface area contributed by atoms with Gasteiger partial charge in [-0.1, -0.05) is 43.7 Å². The van der Waals surface area contributed by atoms with E-state index in [4.69, 9.17) is 16.3 Å². The SMILES string of the molecule is O=C(COC(=O)CCC1CCCCC1)Nc1ccc(Cl)c([N+](=O)[O-])c1. The average molecular weight is 369 g/mol. The molecule has 1 aromatic rings. The second-order valence-corrected chi connectivity index (χ2v) is 6.58. The van der Waals surface area contributed by atoms with Gasteiger partial charge in [-0.15, -0.1) is 0 Å². The fourth-order valence-electron chi connectivity index (χ4n) is 2.94. The maximum absolute atomic E-state index is 11.8. The Labute approximate surface area is 150 Å². The van der Waals surface area contributed by atoms with Crippen LogP contribution in [0.15, 0.2) is 18.2 Å². The second-order valence-electron chi connectivity index (χ2n) is 6.17. The highest BCUT2D eigenvalue weighted by atomic mass is 35.5. The fraction of sp³-hybridized carbons (Fsp3) is 0.529. The normalized spacial score (nSPS) is 14.8. The first kappa shape index (κ1) is 19.2. The maximum atomic E-state index is 11.8. The molecule has 1 aliphatic carbocycles. The van der Waals surface area contributed by atoms with Crippen LogP contribution < -0.4 is 5.32 Å². The molecular weight excluding hydrogens is 348 g/mol. The number of rotatable bonds is 7.